The molecule has 0 bridgehead atoms. The van der Waals surface area contributed by atoms with Crippen molar-refractivity contribution >= 4 is 17.7 Å². The monoisotopic (exact) mass is 483 g/mol. The molecule has 5 heteroatoms. The molecule has 1 heterocycles. The number of aromatic nitrogens is 2. The number of rotatable bonds is 14. The van der Waals surface area contributed by atoms with Gasteiger partial charge in [-0.15, -0.1) is 0 Å². The van der Waals surface area contributed by atoms with Gasteiger partial charge in [0.1, 0.15) is 11.5 Å². The van der Waals surface area contributed by atoms with E-state index in [0.717, 1.165) is 67.5 Å². The molecule has 0 fully saturated rings. The highest BCUT2D eigenvalue weighted by atomic mass is 15.1. The molecule has 0 saturated carbocycles. The molecule has 1 atom stereocenters. The van der Waals surface area contributed by atoms with Crippen LogP contribution >= 0.6 is 0 Å². The van der Waals surface area contributed by atoms with Crippen LogP contribution < -0.4 is 10.6 Å². The molecule has 190 valence electrons. The Balaban J connectivity index is 1.71. The number of benzene rings is 2. The second-order valence-corrected chi connectivity index (χ2v) is 9.21. The second-order valence-electron chi connectivity index (χ2n) is 9.21. The molecule has 0 saturated heterocycles. The predicted molar refractivity (Wildman–Crippen MR) is 153 cm³/mol. The van der Waals surface area contributed by atoms with Crippen LogP contribution in [0.3, 0.4) is 0 Å². The van der Waals surface area contributed by atoms with E-state index in [-0.39, 0.29) is 5.92 Å². The Hall–Kier alpha value is -3.47. The van der Waals surface area contributed by atoms with Crippen molar-refractivity contribution in [1.29, 1.82) is 0 Å². The Morgan fingerprint density at radius 1 is 0.972 bits per heavy atom. The number of aliphatic imine (C=N–C) groups is 1. The minimum atomic E-state index is 0.204. The van der Waals surface area contributed by atoms with Crippen LogP contribution in [0.15, 0.2) is 77.9 Å². The van der Waals surface area contributed by atoms with Gasteiger partial charge in [-0.25, -0.2) is 9.97 Å². The Labute approximate surface area is 217 Å². The third kappa shape index (κ3) is 7.77. The third-order valence-electron chi connectivity index (χ3n) is 6.54. The first kappa shape index (κ1) is 27.1. The van der Waals surface area contributed by atoms with Gasteiger partial charge in [0.15, 0.2) is 5.82 Å². The van der Waals surface area contributed by atoms with Crippen molar-refractivity contribution in [3.63, 3.8) is 0 Å². The number of nitrogens with zero attached hydrogens (tertiary/aromatic N) is 3. The van der Waals surface area contributed by atoms with Gasteiger partial charge in [-0.2, -0.15) is 0 Å². The molecule has 1 unspecified atom stereocenters. The molecule has 0 aliphatic rings. The smallest absolute Gasteiger partial charge is 0.156 e. The van der Waals surface area contributed by atoms with E-state index >= 15 is 0 Å². The summed E-state index contributed by atoms with van der Waals surface area (Å²) >= 11 is 0. The summed E-state index contributed by atoms with van der Waals surface area (Å²) in [5, 5.41) is 6.98. The molecule has 0 radical (unpaired) electrons. The van der Waals surface area contributed by atoms with Gasteiger partial charge in [0.25, 0.3) is 0 Å². The largest absolute Gasteiger partial charge is 0.389 e. The molecule has 0 aliphatic carbocycles. The summed E-state index contributed by atoms with van der Waals surface area (Å²) < 4.78 is 0. The molecule has 0 amide bonds. The molecule has 3 aromatic rings. The molecule has 36 heavy (non-hydrogen) atoms. The first-order valence-corrected chi connectivity index (χ1v) is 13.2. The lowest BCUT2D eigenvalue weighted by Crippen LogP contribution is -2.18. The SMILES string of the molecule is C=C(NCC)C(CC)CCCC=Nc1c(C)nc(C)nc1NCC(c1ccccc1)c1ccccc1. The van der Waals surface area contributed by atoms with Gasteiger partial charge in [-0.1, -0.05) is 74.2 Å². The maximum absolute atomic E-state index is 4.82. The van der Waals surface area contributed by atoms with Crippen LogP contribution in [-0.2, 0) is 0 Å². The highest BCUT2D eigenvalue weighted by molar-refractivity contribution is 5.71. The maximum Gasteiger partial charge on any atom is 0.156 e. The minimum absolute atomic E-state index is 0.204. The summed E-state index contributed by atoms with van der Waals surface area (Å²) in [4.78, 5) is 14.1. The van der Waals surface area contributed by atoms with Gasteiger partial charge in [0.05, 0.1) is 5.69 Å². The third-order valence-corrected chi connectivity index (χ3v) is 6.54. The summed E-state index contributed by atoms with van der Waals surface area (Å²) in [5.41, 5.74) is 5.41. The quantitative estimate of drug-likeness (QED) is 0.186. The number of nitrogens with one attached hydrogen (secondary N) is 2. The summed E-state index contributed by atoms with van der Waals surface area (Å²) in [5.74, 6) is 2.25. The van der Waals surface area contributed by atoms with Gasteiger partial charge in [0.2, 0.25) is 0 Å². The summed E-state index contributed by atoms with van der Waals surface area (Å²) in [6.07, 6.45) is 6.22. The van der Waals surface area contributed by atoms with Crippen LogP contribution in [0.4, 0.5) is 11.5 Å². The van der Waals surface area contributed by atoms with Crippen LogP contribution in [0.2, 0.25) is 0 Å². The highest BCUT2D eigenvalue weighted by Crippen LogP contribution is 2.29. The van der Waals surface area contributed by atoms with Crippen molar-refractivity contribution in [2.45, 2.75) is 59.3 Å². The van der Waals surface area contributed by atoms with Gasteiger partial charge in [-0.3, -0.25) is 4.99 Å². The van der Waals surface area contributed by atoms with E-state index in [1.54, 1.807) is 0 Å². The van der Waals surface area contributed by atoms with Crippen molar-refractivity contribution in [2.24, 2.45) is 10.9 Å². The Bertz CT molecular complexity index is 1070. The van der Waals surface area contributed by atoms with Crippen molar-refractivity contribution in [3.05, 3.63) is 95.6 Å². The van der Waals surface area contributed by atoms with E-state index in [2.05, 4.69) is 96.7 Å². The highest BCUT2D eigenvalue weighted by Gasteiger charge is 2.16. The molecule has 2 N–H and O–H groups in total. The average Bonchev–Trinajstić information content (AvgIpc) is 2.88. The lowest BCUT2D eigenvalue weighted by atomic mass is 9.91. The number of aryl methyl sites for hydroxylation is 2. The summed E-state index contributed by atoms with van der Waals surface area (Å²) in [6.45, 7) is 14.1. The normalized spacial score (nSPS) is 12.1. The van der Waals surface area contributed by atoms with Crippen LogP contribution in [0.1, 0.15) is 68.1 Å². The van der Waals surface area contributed by atoms with E-state index in [0.29, 0.717) is 5.92 Å². The van der Waals surface area contributed by atoms with Crippen LogP contribution in [-0.4, -0.2) is 29.3 Å². The van der Waals surface area contributed by atoms with Crippen molar-refractivity contribution in [2.75, 3.05) is 18.4 Å². The van der Waals surface area contributed by atoms with Crippen molar-refractivity contribution in [3.8, 4) is 0 Å². The molecule has 1 aromatic heterocycles. The van der Waals surface area contributed by atoms with Gasteiger partial charge < -0.3 is 10.6 Å². The number of hydrogen-bond donors (Lipinski definition) is 2. The maximum atomic E-state index is 4.82. The summed E-state index contributed by atoms with van der Waals surface area (Å²) in [7, 11) is 0. The van der Waals surface area contributed by atoms with Crippen molar-refractivity contribution in [1.82, 2.24) is 15.3 Å². The molecular formula is C31H41N5. The predicted octanol–water partition coefficient (Wildman–Crippen LogP) is 7.36. The second kappa shape index (κ2) is 14.2. The summed E-state index contributed by atoms with van der Waals surface area (Å²) in [6, 6.07) is 21.2. The Morgan fingerprint density at radius 3 is 2.19 bits per heavy atom. The number of unbranched alkanes of at least 4 members (excludes halogenated alkanes) is 1. The van der Waals surface area contributed by atoms with Crippen LogP contribution in [0, 0.1) is 19.8 Å². The lowest BCUT2D eigenvalue weighted by molar-refractivity contribution is 0.497. The van der Waals surface area contributed by atoms with E-state index < -0.39 is 0 Å². The molecule has 2 aromatic carbocycles. The van der Waals surface area contributed by atoms with Gasteiger partial charge in [-0.05, 0) is 63.5 Å². The fourth-order valence-corrected chi connectivity index (χ4v) is 4.59. The van der Waals surface area contributed by atoms with E-state index in [1.165, 1.54) is 11.1 Å². The van der Waals surface area contributed by atoms with E-state index in [4.69, 9.17) is 9.98 Å². The zero-order valence-corrected chi connectivity index (χ0v) is 22.3. The number of anilines is 1. The van der Waals surface area contributed by atoms with Crippen LogP contribution in [0.25, 0.3) is 0 Å². The number of hydrogen-bond acceptors (Lipinski definition) is 5. The zero-order chi connectivity index (χ0) is 25.8. The Kier molecular flexibility index (Phi) is 10.7. The molecule has 5 nitrogen and oxygen atoms in total. The van der Waals surface area contributed by atoms with Crippen molar-refractivity contribution < 1.29 is 0 Å². The zero-order valence-electron chi connectivity index (χ0n) is 22.3. The topological polar surface area (TPSA) is 62.2 Å². The standard InChI is InChI=1S/C31H41N5/c1-6-26(23(3)32-7-2)16-14-15-21-33-30-24(4)35-25(5)36-31(30)34-22-29(27-17-10-8-11-18-27)28-19-12-9-13-20-28/h8-13,17-21,26,29,32H,3,6-7,14-16,22H2,1-2,4-5H3,(H,34,35,36). The van der Waals surface area contributed by atoms with Gasteiger partial charge >= 0.3 is 0 Å². The van der Waals surface area contributed by atoms with E-state index in [9.17, 15) is 0 Å². The fourth-order valence-electron chi connectivity index (χ4n) is 4.59. The average molecular weight is 484 g/mol. The lowest BCUT2D eigenvalue weighted by Gasteiger charge is -2.20. The molecule has 0 spiro atoms. The fraction of sp³-hybridized carbons (Fsp3) is 0.387. The minimum Gasteiger partial charge on any atom is -0.389 e. The first-order valence-electron chi connectivity index (χ1n) is 13.2. The van der Waals surface area contributed by atoms with Crippen LogP contribution in [0.5, 0.6) is 0 Å². The molecule has 3 rings (SSSR count). The van der Waals surface area contributed by atoms with Gasteiger partial charge in [0, 0.05) is 30.9 Å². The van der Waals surface area contributed by atoms with E-state index in [1.807, 2.05) is 20.1 Å². The molecule has 0 aliphatic heterocycles. The Morgan fingerprint density at radius 2 is 1.61 bits per heavy atom. The number of allylic oxidation sites excluding steroid dienone is 1. The first-order chi connectivity index (χ1) is 17.5. The molecular weight excluding hydrogens is 442 g/mol.